The smallest absolute Gasteiger partial charge is 0.267 e. The molecule has 0 amide bonds. The molecule has 0 fully saturated rings. The molecule has 0 spiro atoms. The number of aromatic nitrogens is 1. The van der Waals surface area contributed by atoms with Gasteiger partial charge in [0, 0.05) is 18.6 Å². The molecule has 2 aromatic rings. The molecule has 0 aliphatic rings. The summed E-state index contributed by atoms with van der Waals surface area (Å²) in [6.45, 7) is 6.37. The maximum absolute atomic E-state index is 12.3. The Hall–Kier alpha value is -1.40. The minimum absolute atomic E-state index is 0.0469. The molecule has 20 heavy (non-hydrogen) atoms. The third kappa shape index (κ3) is 2.86. The summed E-state index contributed by atoms with van der Waals surface area (Å²) in [5.74, 6) is 0. The van der Waals surface area contributed by atoms with Crippen LogP contribution in [-0.4, -0.2) is 20.4 Å². The quantitative estimate of drug-likeness (QED) is 0.874. The molecule has 108 valence electrons. The molecule has 0 radical (unpaired) electrons. The molecule has 0 aliphatic heterocycles. The molecule has 0 unspecified atom stereocenters. The van der Waals surface area contributed by atoms with E-state index in [4.69, 9.17) is 0 Å². The lowest BCUT2D eigenvalue weighted by Gasteiger charge is -2.22. The summed E-state index contributed by atoms with van der Waals surface area (Å²) in [6.07, 6.45) is 1.49. The third-order valence-electron chi connectivity index (χ3n) is 3.09. The Morgan fingerprint density at radius 3 is 2.20 bits per heavy atom. The van der Waals surface area contributed by atoms with Gasteiger partial charge in [0.25, 0.3) is 10.0 Å². The lowest BCUT2D eigenvalue weighted by Crippen LogP contribution is -2.26. The summed E-state index contributed by atoms with van der Waals surface area (Å²) in [5.41, 5.74) is 1.85. The number of hydrogen-bond donors (Lipinski definition) is 0. The third-order valence-corrected chi connectivity index (χ3v) is 6.05. The average molecular weight is 310 g/mol. The molecule has 0 saturated heterocycles. The number of rotatable bonds is 3. The minimum atomic E-state index is -3.56. The van der Waals surface area contributed by atoms with Crippen molar-refractivity contribution in [1.29, 1.82) is 0 Å². The van der Waals surface area contributed by atoms with Crippen molar-refractivity contribution in [2.75, 3.05) is 11.4 Å². The van der Waals surface area contributed by atoms with Gasteiger partial charge in [0.2, 0.25) is 4.34 Å². The van der Waals surface area contributed by atoms with Crippen LogP contribution in [0, 0.1) is 0 Å². The first kappa shape index (κ1) is 15.0. The zero-order valence-corrected chi connectivity index (χ0v) is 13.6. The molecule has 0 bridgehead atoms. The molecule has 2 rings (SSSR count). The summed E-state index contributed by atoms with van der Waals surface area (Å²) < 4.78 is 26.1. The first-order chi connectivity index (χ1) is 9.23. The van der Waals surface area contributed by atoms with Crippen molar-refractivity contribution in [3.8, 4) is 0 Å². The van der Waals surface area contributed by atoms with Gasteiger partial charge in [-0.3, -0.25) is 4.31 Å². The van der Waals surface area contributed by atoms with Crippen molar-refractivity contribution in [1.82, 2.24) is 4.98 Å². The lowest BCUT2D eigenvalue weighted by atomic mass is 9.87. The van der Waals surface area contributed by atoms with Crippen molar-refractivity contribution in [2.45, 2.75) is 30.5 Å². The van der Waals surface area contributed by atoms with E-state index in [0.29, 0.717) is 5.69 Å². The number of nitrogens with zero attached hydrogens (tertiary/aromatic N) is 2. The monoisotopic (exact) mass is 310 g/mol. The van der Waals surface area contributed by atoms with Gasteiger partial charge < -0.3 is 0 Å². The van der Waals surface area contributed by atoms with E-state index < -0.39 is 10.0 Å². The molecule has 6 heteroatoms. The van der Waals surface area contributed by atoms with Crippen molar-refractivity contribution in [2.24, 2.45) is 0 Å². The van der Waals surface area contributed by atoms with Crippen LogP contribution in [0.15, 0.2) is 40.2 Å². The molecule has 0 N–H and O–H groups in total. The largest absolute Gasteiger partial charge is 0.291 e. The van der Waals surface area contributed by atoms with E-state index in [1.54, 1.807) is 12.4 Å². The van der Waals surface area contributed by atoms with Crippen LogP contribution in [0.5, 0.6) is 0 Å². The molecule has 1 aromatic heterocycles. The Morgan fingerprint density at radius 1 is 1.15 bits per heavy atom. The van der Waals surface area contributed by atoms with Crippen molar-refractivity contribution in [3.05, 3.63) is 41.4 Å². The fourth-order valence-electron chi connectivity index (χ4n) is 1.77. The Kier molecular flexibility index (Phi) is 3.88. The van der Waals surface area contributed by atoms with Crippen LogP contribution in [0.2, 0.25) is 0 Å². The molecule has 1 aromatic carbocycles. The number of hydrogen-bond acceptors (Lipinski definition) is 4. The van der Waals surface area contributed by atoms with Gasteiger partial charge in [0.1, 0.15) is 0 Å². The molecule has 0 aliphatic carbocycles. The van der Waals surface area contributed by atoms with Crippen LogP contribution in [0.3, 0.4) is 0 Å². The van der Waals surface area contributed by atoms with Crippen LogP contribution in [0.25, 0.3) is 0 Å². The highest BCUT2D eigenvalue weighted by Crippen LogP contribution is 2.27. The van der Waals surface area contributed by atoms with Crippen molar-refractivity contribution in [3.63, 3.8) is 0 Å². The fraction of sp³-hybridized carbons (Fsp3) is 0.357. The Balaban J connectivity index is 2.33. The first-order valence-corrected chi connectivity index (χ1v) is 8.54. The number of anilines is 1. The zero-order valence-electron chi connectivity index (χ0n) is 12.0. The van der Waals surface area contributed by atoms with Crippen LogP contribution in [0.1, 0.15) is 26.3 Å². The van der Waals surface area contributed by atoms with Gasteiger partial charge in [-0.1, -0.05) is 32.9 Å². The highest BCUT2D eigenvalue weighted by molar-refractivity contribution is 7.94. The van der Waals surface area contributed by atoms with E-state index >= 15 is 0 Å². The molecular weight excluding hydrogens is 292 g/mol. The van der Waals surface area contributed by atoms with Crippen LogP contribution >= 0.6 is 11.3 Å². The molecule has 0 saturated carbocycles. The summed E-state index contributed by atoms with van der Waals surface area (Å²) >= 11 is 1.12. The highest BCUT2D eigenvalue weighted by Gasteiger charge is 2.24. The van der Waals surface area contributed by atoms with E-state index in [1.165, 1.54) is 16.1 Å². The highest BCUT2D eigenvalue weighted by atomic mass is 32.2. The van der Waals surface area contributed by atoms with E-state index in [0.717, 1.165) is 11.3 Å². The van der Waals surface area contributed by atoms with Crippen molar-refractivity contribution >= 4 is 27.0 Å². The van der Waals surface area contributed by atoms with Crippen LogP contribution in [0.4, 0.5) is 5.69 Å². The Labute approximate surface area is 124 Å². The zero-order chi connectivity index (χ0) is 15.0. The van der Waals surface area contributed by atoms with Gasteiger partial charge in [-0.05, 0) is 23.1 Å². The number of benzene rings is 1. The van der Waals surface area contributed by atoms with E-state index in [9.17, 15) is 8.42 Å². The molecule has 4 nitrogen and oxygen atoms in total. The van der Waals surface area contributed by atoms with Gasteiger partial charge in [-0.25, -0.2) is 4.98 Å². The predicted octanol–water partition coefficient (Wildman–Crippen LogP) is 3.27. The topological polar surface area (TPSA) is 50.3 Å². The second kappa shape index (κ2) is 5.18. The van der Waals surface area contributed by atoms with Gasteiger partial charge in [0.05, 0.1) is 5.69 Å². The van der Waals surface area contributed by atoms with Gasteiger partial charge in [-0.15, -0.1) is 11.3 Å². The van der Waals surface area contributed by atoms with E-state index in [-0.39, 0.29) is 9.75 Å². The SMILES string of the molecule is CN(c1ccc(C(C)(C)C)cc1)S(=O)(=O)c1nccs1. The van der Waals surface area contributed by atoms with Gasteiger partial charge in [-0.2, -0.15) is 8.42 Å². The summed E-state index contributed by atoms with van der Waals surface area (Å²) in [5, 5.41) is 1.66. The number of sulfonamides is 1. The second-order valence-electron chi connectivity index (χ2n) is 5.57. The molecule has 1 heterocycles. The predicted molar refractivity (Wildman–Crippen MR) is 82.8 cm³/mol. The average Bonchev–Trinajstić information content (AvgIpc) is 2.91. The molecular formula is C14H18N2O2S2. The maximum Gasteiger partial charge on any atom is 0.291 e. The van der Waals surface area contributed by atoms with E-state index in [2.05, 4.69) is 25.8 Å². The summed E-state index contributed by atoms with van der Waals surface area (Å²) in [7, 11) is -2.01. The van der Waals surface area contributed by atoms with Crippen LogP contribution < -0.4 is 4.31 Å². The van der Waals surface area contributed by atoms with Crippen LogP contribution in [-0.2, 0) is 15.4 Å². The maximum atomic E-state index is 12.3. The standard InChI is InChI=1S/C14H18N2O2S2/c1-14(2,3)11-5-7-12(8-6-11)16(4)20(17,18)13-15-9-10-19-13/h5-10H,1-4H3. The van der Waals surface area contributed by atoms with Gasteiger partial charge in [0.15, 0.2) is 0 Å². The normalized spacial score (nSPS) is 12.4. The summed E-state index contributed by atoms with van der Waals surface area (Å²) in [4.78, 5) is 3.88. The Bertz CT molecular complexity index is 669. The Morgan fingerprint density at radius 2 is 1.75 bits per heavy atom. The van der Waals surface area contributed by atoms with Crippen molar-refractivity contribution < 1.29 is 8.42 Å². The first-order valence-electron chi connectivity index (χ1n) is 6.22. The second-order valence-corrected chi connectivity index (χ2v) is 8.60. The minimum Gasteiger partial charge on any atom is -0.267 e. The van der Waals surface area contributed by atoms with Gasteiger partial charge >= 0.3 is 0 Å². The lowest BCUT2D eigenvalue weighted by molar-refractivity contribution is 0.590. The number of thiazole rings is 1. The fourth-order valence-corrected chi connectivity index (χ4v) is 3.94. The summed E-state index contributed by atoms with van der Waals surface area (Å²) in [6, 6.07) is 7.57. The van der Waals surface area contributed by atoms with E-state index in [1.807, 2.05) is 24.3 Å². The molecule has 0 atom stereocenters.